The number of hydrogen-bond donors (Lipinski definition) is 1. The Morgan fingerprint density at radius 1 is 1.47 bits per heavy atom. The Balaban J connectivity index is 2.06. The minimum atomic E-state index is -0.448. The molecule has 0 bridgehead atoms. The van der Waals surface area contributed by atoms with Gasteiger partial charge in [0.1, 0.15) is 0 Å². The standard InChI is InChI=1S/C11H15FN2O/c1-11(3-6-15-7-4-11)14-9-2-5-13-10(12)8-9/h2,5,8H,3-4,6-7H2,1H3,(H,13,14). The quantitative estimate of drug-likeness (QED) is 0.760. The number of nitrogens with zero attached hydrogens (tertiary/aromatic N) is 1. The van der Waals surface area contributed by atoms with Crippen LogP contribution in [0.4, 0.5) is 10.1 Å². The van der Waals surface area contributed by atoms with Crippen molar-refractivity contribution in [1.82, 2.24) is 4.98 Å². The zero-order valence-electron chi connectivity index (χ0n) is 8.79. The van der Waals surface area contributed by atoms with Crippen LogP contribution in [-0.4, -0.2) is 23.7 Å². The largest absolute Gasteiger partial charge is 0.381 e. The van der Waals surface area contributed by atoms with Gasteiger partial charge >= 0.3 is 0 Å². The third-order valence-electron chi connectivity index (χ3n) is 2.77. The van der Waals surface area contributed by atoms with Crippen LogP contribution in [0.1, 0.15) is 19.8 Å². The predicted octanol–water partition coefficient (Wildman–Crippen LogP) is 2.20. The molecule has 0 amide bonds. The molecule has 1 aromatic heterocycles. The lowest BCUT2D eigenvalue weighted by Gasteiger charge is -2.35. The van der Waals surface area contributed by atoms with Gasteiger partial charge in [-0.2, -0.15) is 4.39 Å². The van der Waals surface area contributed by atoms with E-state index in [2.05, 4.69) is 17.2 Å². The van der Waals surface area contributed by atoms with Gasteiger partial charge in [-0.25, -0.2) is 4.98 Å². The molecule has 1 aliphatic heterocycles. The molecule has 0 spiro atoms. The monoisotopic (exact) mass is 210 g/mol. The summed E-state index contributed by atoms with van der Waals surface area (Å²) in [5.41, 5.74) is 0.790. The molecule has 82 valence electrons. The number of aromatic nitrogens is 1. The van der Waals surface area contributed by atoms with Crippen LogP contribution in [0, 0.1) is 5.95 Å². The van der Waals surface area contributed by atoms with Gasteiger partial charge in [0.2, 0.25) is 5.95 Å². The van der Waals surface area contributed by atoms with Gasteiger partial charge in [-0.15, -0.1) is 0 Å². The van der Waals surface area contributed by atoms with Crippen molar-refractivity contribution in [3.8, 4) is 0 Å². The molecular weight excluding hydrogens is 195 g/mol. The Morgan fingerprint density at radius 2 is 2.20 bits per heavy atom. The first-order valence-corrected chi connectivity index (χ1v) is 5.15. The van der Waals surface area contributed by atoms with Crippen LogP contribution in [-0.2, 0) is 4.74 Å². The molecule has 0 aromatic carbocycles. The summed E-state index contributed by atoms with van der Waals surface area (Å²) in [6.07, 6.45) is 3.36. The van der Waals surface area contributed by atoms with E-state index in [1.54, 1.807) is 6.07 Å². The van der Waals surface area contributed by atoms with E-state index in [-0.39, 0.29) is 5.54 Å². The fraction of sp³-hybridized carbons (Fsp3) is 0.545. The number of halogens is 1. The van der Waals surface area contributed by atoms with Gasteiger partial charge in [0.15, 0.2) is 0 Å². The Hall–Kier alpha value is -1.16. The first-order chi connectivity index (χ1) is 7.18. The number of nitrogens with one attached hydrogen (secondary N) is 1. The van der Waals surface area contributed by atoms with Crippen LogP contribution in [0.3, 0.4) is 0 Å². The van der Waals surface area contributed by atoms with Crippen LogP contribution in [0.5, 0.6) is 0 Å². The Morgan fingerprint density at radius 3 is 2.87 bits per heavy atom. The summed E-state index contributed by atoms with van der Waals surface area (Å²) in [6.45, 7) is 3.65. The van der Waals surface area contributed by atoms with Crippen molar-refractivity contribution in [3.05, 3.63) is 24.3 Å². The lowest BCUT2D eigenvalue weighted by molar-refractivity contribution is 0.0658. The SMILES string of the molecule is CC1(Nc2ccnc(F)c2)CCOCC1. The van der Waals surface area contributed by atoms with Gasteiger partial charge in [-0.3, -0.25) is 0 Å². The zero-order valence-corrected chi connectivity index (χ0v) is 8.79. The molecule has 1 aromatic rings. The van der Waals surface area contributed by atoms with Crippen molar-refractivity contribution < 1.29 is 9.13 Å². The van der Waals surface area contributed by atoms with Crippen molar-refractivity contribution in [2.45, 2.75) is 25.3 Å². The number of anilines is 1. The molecule has 4 heteroatoms. The molecular formula is C11H15FN2O. The minimum Gasteiger partial charge on any atom is -0.381 e. The maximum atomic E-state index is 12.9. The summed E-state index contributed by atoms with van der Waals surface area (Å²) < 4.78 is 18.2. The van der Waals surface area contributed by atoms with E-state index in [9.17, 15) is 4.39 Å². The summed E-state index contributed by atoms with van der Waals surface area (Å²) in [5, 5.41) is 3.34. The predicted molar refractivity (Wildman–Crippen MR) is 56.3 cm³/mol. The van der Waals surface area contributed by atoms with Crippen LogP contribution in [0.25, 0.3) is 0 Å². The van der Waals surface area contributed by atoms with Gasteiger partial charge in [-0.05, 0) is 25.8 Å². The van der Waals surface area contributed by atoms with Crippen molar-refractivity contribution in [2.75, 3.05) is 18.5 Å². The van der Waals surface area contributed by atoms with Crippen LogP contribution in [0.2, 0.25) is 0 Å². The summed E-state index contributed by atoms with van der Waals surface area (Å²) in [6, 6.07) is 3.20. The molecule has 0 radical (unpaired) electrons. The minimum absolute atomic E-state index is 0.00600. The molecule has 0 unspecified atom stereocenters. The van der Waals surface area contributed by atoms with Crippen LogP contribution in [0.15, 0.2) is 18.3 Å². The van der Waals surface area contributed by atoms with E-state index in [4.69, 9.17) is 4.74 Å². The van der Waals surface area contributed by atoms with Crippen molar-refractivity contribution in [1.29, 1.82) is 0 Å². The van der Waals surface area contributed by atoms with E-state index in [1.165, 1.54) is 12.3 Å². The van der Waals surface area contributed by atoms with Gasteiger partial charge in [0.25, 0.3) is 0 Å². The van der Waals surface area contributed by atoms with E-state index in [0.29, 0.717) is 0 Å². The number of hydrogen-bond acceptors (Lipinski definition) is 3. The highest BCUT2D eigenvalue weighted by molar-refractivity contribution is 5.43. The highest BCUT2D eigenvalue weighted by atomic mass is 19.1. The summed E-state index contributed by atoms with van der Waals surface area (Å²) >= 11 is 0. The first kappa shape index (κ1) is 10.4. The average Bonchev–Trinajstić information content (AvgIpc) is 2.18. The smallest absolute Gasteiger partial charge is 0.214 e. The molecule has 2 heterocycles. The van der Waals surface area contributed by atoms with Gasteiger partial charge in [-0.1, -0.05) is 0 Å². The van der Waals surface area contributed by atoms with Crippen molar-refractivity contribution in [2.24, 2.45) is 0 Å². The normalized spacial score (nSPS) is 19.9. The molecule has 1 fully saturated rings. The molecule has 1 aliphatic rings. The average molecular weight is 210 g/mol. The summed E-state index contributed by atoms with van der Waals surface area (Å²) in [7, 11) is 0. The van der Waals surface area contributed by atoms with Crippen molar-refractivity contribution in [3.63, 3.8) is 0 Å². The maximum Gasteiger partial charge on any atom is 0.214 e. The number of pyridine rings is 1. The van der Waals surface area contributed by atoms with Gasteiger partial charge < -0.3 is 10.1 Å². The Bertz CT molecular complexity index is 337. The van der Waals surface area contributed by atoms with Crippen LogP contribution >= 0.6 is 0 Å². The topological polar surface area (TPSA) is 34.2 Å². The van der Waals surface area contributed by atoms with E-state index in [0.717, 1.165) is 31.7 Å². The van der Waals surface area contributed by atoms with E-state index in [1.807, 2.05) is 0 Å². The molecule has 0 atom stereocenters. The second-order valence-corrected chi connectivity index (χ2v) is 4.17. The van der Waals surface area contributed by atoms with E-state index >= 15 is 0 Å². The molecule has 1 saturated heterocycles. The lowest BCUT2D eigenvalue weighted by Crippen LogP contribution is -2.40. The van der Waals surface area contributed by atoms with Gasteiger partial charge in [0.05, 0.1) is 0 Å². The summed E-state index contributed by atoms with van der Waals surface area (Å²) in [4.78, 5) is 3.52. The molecule has 0 aliphatic carbocycles. The molecule has 3 nitrogen and oxygen atoms in total. The highest BCUT2D eigenvalue weighted by Gasteiger charge is 2.26. The molecule has 0 saturated carbocycles. The number of ether oxygens (including phenoxy) is 1. The fourth-order valence-corrected chi connectivity index (χ4v) is 1.78. The summed E-state index contributed by atoms with van der Waals surface area (Å²) in [5.74, 6) is -0.448. The third kappa shape index (κ3) is 2.65. The fourth-order valence-electron chi connectivity index (χ4n) is 1.78. The first-order valence-electron chi connectivity index (χ1n) is 5.15. The second-order valence-electron chi connectivity index (χ2n) is 4.17. The van der Waals surface area contributed by atoms with Crippen LogP contribution < -0.4 is 5.32 Å². The van der Waals surface area contributed by atoms with Crippen molar-refractivity contribution >= 4 is 5.69 Å². The van der Waals surface area contributed by atoms with Gasteiger partial charge in [0, 0.05) is 36.7 Å². The van der Waals surface area contributed by atoms with E-state index < -0.39 is 5.95 Å². The zero-order chi connectivity index (χ0) is 10.7. The second kappa shape index (κ2) is 4.14. The number of rotatable bonds is 2. The maximum absolute atomic E-state index is 12.9. The Labute approximate surface area is 88.7 Å². The molecule has 2 rings (SSSR count). The third-order valence-corrected chi connectivity index (χ3v) is 2.77. The Kier molecular flexibility index (Phi) is 2.86. The highest BCUT2D eigenvalue weighted by Crippen LogP contribution is 2.25. The lowest BCUT2D eigenvalue weighted by atomic mass is 9.92. The molecule has 15 heavy (non-hydrogen) atoms. The molecule has 1 N–H and O–H groups in total.